The zero-order valence-electron chi connectivity index (χ0n) is 13.7. The number of carbonyl (C=O) groups excluding carboxylic acids is 2. The molecule has 7 nitrogen and oxygen atoms in total. The molecule has 2 rings (SSSR count). The maximum atomic E-state index is 12.3. The van der Waals surface area contributed by atoms with E-state index in [1.807, 2.05) is 0 Å². The second-order valence-corrected chi connectivity index (χ2v) is 6.85. The second kappa shape index (κ2) is 7.80. The van der Waals surface area contributed by atoms with Gasteiger partial charge in [-0.1, -0.05) is 30.3 Å². The highest BCUT2D eigenvalue weighted by molar-refractivity contribution is 7.91. The van der Waals surface area contributed by atoms with Crippen LogP contribution in [0.25, 0.3) is 0 Å². The molecule has 0 amide bonds. The van der Waals surface area contributed by atoms with Crippen LogP contribution in [-0.2, 0) is 25.2 Å². The monoisotopic (exact) mass is 363 g/mol. The predicted octanol–water partition coefficient (Wildman–Crippen LogP) is 2.20. The van der Waals surface area contributed by atoms with Crippen molar-refractivity contribution in [3.05, 3.63) is 65.2 Å². The van der Waals surface area contributed by atoms with Gasteiger partial charge in [0.1, 0.15) is 0 Å². The van der Waals surface area contributed by atoms with E-state index in [-0.39, 0.29) is 22.6 Å². The number of anilines is 1. The minimum absolute atomic E-state index is 0.0304. The van der Waals surface area contributed by atoms with Gasteiger partial charge < -0.3 is 9.47 Å². The third-order valence-corrected chi connectivity index (χ3v) is 4.51. The Morgan fingerprint density at radius 2 is 1.44 bits per heavy atom. The Balaban J connectivity index is 2.34. The molecule has 0 saturated heterocycles. The lowest BCUT2D eigenvalue weighted by molar-refractivity contribution is 0.0599. The molecule has 25 heavy (non-hydrogen) atoms. The summed E-state index contributed by atoms with van der Waals surface area (Å²) in [5, 5.41) is 0. The summed E-state index contributed by atoms with van der Waals surface area (Å²) in [4.78, 5) is 23.5. The van der Waals surface area contributed by atoms with E-state index in [4.69, 9.17) is 0 Å². The van der Waals surface area contributed by atoms with E-state index in [0.717, 1.165) is 0 Å². The van der Waals surface area contributed by atoms with Crippen molar-refractivity contribution in [3.8, 4) is 0 Å². The first-order valence-corrected chi connectivity index (χ1v) is 8.86. The molecule has 0 aliphatic heterocycles. The van der Waals surface area contributed by atoms with Gasteiger partial charge in [-0.2, -0.15) is 0 Å². The van der Waals surface area contributed by atoms with Crippen molar-refractivity contribution in [1.82, 2.24) is 0 Å². The molecular formula is C17H17NO6S. The first-order valence-electron chi connectivity index (χ1n) is 7.21. The molecule has 0 spiro atoms. The average molecular weight is 363 g/mol. The molecule has 0 aliphatic carbocycles. The maximum absolute atomic E-state index is 12.3. The standard InChI is InChI=1S/C17H17NO6S/c1-23-16(19)13-8-14(17(20)24-2)10-15(9-13)18-25(21,22)11-12-6-4-3-5-7-12/h3-10,18H,11H2,1-2H3. The van der Waals surface area contributed by atoms with Crippen molar-refractivity contribution < 1.29 is 27.5 Å². The van der Waals surface area contributed by atoms with Gasteiger partial charge in [0.2, 0.25) is 10.0 Å². The molecule has 0 saturated carbocycles. The highest BCUT2D eigenvalue weighted by Gasteiger charge is 2.17. The Bertz CT molecular complexity index is 843. The lowest BCUT2D eigenvalue weighted by Crippen LogP contribution is -2.16. The molecule has 0 radical (unpaired) electrons. The van der Waals surface area contributed by atoms with Gasteiger partial charge in [-0.05, 0) is 23.8 Å². The van der Waals surface area contributed by atoms with Crippen molar-refractivity contribution in [2.75, 3.05) is 18.9 Å². The topological polar surface area (TPSA) is 98.8 Å². The van der Waals surface area contributed by atoms with Crippen LogP contribution in [0.2, 0.25) is 0 Å². The van der Waals surface area contributed by atoms with Crippen LogP contribution in [0.4, 0.5) is 5.69 Å². The number of sulfonamides is 1. The molecule has 0 aliphatic rings. The van der Waals surface area contributed by atoms with Crippen molar-refractivity contribution in [2.45, 2.75) is 5.75 Å². The van der Waals surface area contributed by atoms with Crippen molar-refractivity contribution in [1.29, 1.82) is 0 Å². The smallest absolute Gasteiger partial charge is 0.337 e. The fourth-order valence-corrected chi connectivity index (χ4v) is 3.35. The summed E-state index contributed by atoms with van der Waals surface area (Å²) >= 11 is 0. The number of methoxy groups -OCH3 is 2. The molecule has 0 fully saturated rings. The lowest BCUT2D eigenvalue weighted by atomic mass is 10.1. The fraction of sp³-hybridized carbons (Fsp3) is 0.176. The highest BCUT2D eigenvalue weighted by atomic mass is 32.2. The minimum Gasteiger partial charge on any atom is -0.465 e. The molecule has 0 heterocycles. The maximum Gasteiger partial charge on any atom is 0.337 e. The summed E-state index contributed by atoms with van der Waals surface area (Å²) in [7, 11) is -1.37. The Morgan fingerprint density at radius 3 is 1.92 bits per heavy atom. The zero-order valence-corrected chi connectivity index (χ0v) is 14.5. The van der Waals surface area contributed by atoms with E-state index in [0.29, 0.717) is 5.56 Å². The number of benzene rings is 2. The van der Waals surface area contributed by atoms with Gasteiger partial charge in [-0.25, -0.2) is 18.0 Å². The Kier molecular flexibility index (Phi) is 5.76. The summed E-state index contributed by atoms with van der Waals surface area (Å²) in [6.45, 7) is 0. The molecule has 2 aromatic carbocycles. The number of esters is 2. The highest BCUT2D eigenvalue weighted by Crippen LogP contribution is 2.19. The van der Waals surface area contributed by atoms with Crippen LogP contribution in [0.3, 0.4) is 0 Å². The molecule has 0 atom stereocenters. The molecule has 0 unspecified atom stereocenters. The predicted molar refractivity (Wildman–Crippen MR) is 91.8 cm³/mol. The molecule has 0 aromatic heterocycles. The van der Waals surface area contributed by atoms with E-state index in [1.54, 1.807) is 30.3 Å². The van der Waals surface area contributed by atoms with Gasteiger partial charge in [0, 0.05) is 0 Å². The number of hydrogen-bond acceptors (Lipinski definition) is 6. The quantitative estimate of drug-likeness (QED) is 0.790. The average Bonchev–Trinajstić information content (AvgIpc) is 2.59. The number of ether oxygens (including phenoxy) is 2. The third kappa shape index (κ3) is 5.05. The van der Waals surface area contributed by atoms with Crippen LogP contribution in [0, 0.1) is 0 Å². The Hall–Kier alpha value is -2.87. The number of rotatable bonds is 6. The normalized spacial score (nSPS) is 10.8. The van der Waals surface area contributed by atoms with E-state index in [2.05, 4.69) is 14.2 Å². The van der Waals surface area contributed by atoms with Gasteiger partial charge in [-0.3, -0.25) is 4.72 Å². The van der Waals surface area contributed by atoms with Gasteiger partial charge >= 0.3 is 11.9 Å². The number of hydrogen-bond donors (Lipinski definition) is 1. The molecule has 8 heteroatoms. The first-order chi connectivity index (χ1) is 11.8. The van der Waals surface area contributed by atoms with Crippen LogP contribution >= 0.6 is 0 Å². The molecule has 1 N–H and O–H groups in total. The van der Waals surface area contributed by atoms with Crippen LogP contribution < -0.4 is 4.72 Å². The van der Waals surface area contributed by atoms with Crippen LogP contribution in [-0.4, -0.2) is 34.6 Å². The second-order valence-electron chi connectivity index (χ2n) is 5.13. The molecule has 0 bridgehead atoms. The van der Waals surface area contributed by atoms with Crippen LogP contribution in [0.5, 0.6) is 0 Å². The van der Waals surface area contributed by atoms with E-state index < -0.39 is 22.0 Å². The van der Waals surface area contributed by atoms with Gasteiger partial charge in [-0.15, -0.1) is 0 Å². The van der Waals surface area contributed by atoms with E-state index in [1.165, 1.54) is 32.4 Å². The van der Waals surface area contributed by atoms with Gasteiger partial charge in [0.25, 0.3) is 0 Å². The number of carbonyl (C=O) groups is 2. The summed E-state index contributed by atoms with van der Waals surface area (Å²) in [6, 6.07) is 12.5. The fourth-order valence-electron chi connectivity index (χ4n) is 2.17. The minimum atomic E-state index is -3.74. The molecule has 132 valence electrons. The van der Waals surface area contributed by atoms with E-state index >= 15 is 0 Å². The van der Waals surface area contributed by atoms with Crippen molar-refractivity contribution in [3.63, 3.8) is 0 Å². The summed E-state index contributed by atoms with van der Waals surface area (Å²) in [6.07, 6.45) is 0. The van der Waals surface area contributed by atoms with Crippen LogP contribution in [0.1, 0.15) is 26.3 Å². The zero-order chi connectivity index (χ0) is 18.4. The van der Waals surface area contributed by atoms with Gasteiger partial charge in [0.05, 0.1) is 36.8 Å². The first kappa shape index (κ1) is 18.5. The SMILES string of the molecule is COC(=O)c1cc(NS(=O)(=O)Cc2ccccc2)cc(C(=O)OC)c1. The third-order valence-electron chi connectivity index (χ3n) is 3.25. The molecule has 2 aromatic rings. The summed E-state index contributed by atoms with van der Waals surface area (Å²) in [5.74, 6) is -1.65. The summed E-state index contributed by atoms with van der Waals surface area (Å²) < 4.78 is 36.3. The largest absolute Gasteiger partial charge is 0.465 e. The Morgan fingerprint density at radius 1 is 0.920 bits per heavy atom. The Labute approximate surface area is 145 Å². The van der Waals surface area contributed by atoms with E-state index in [9.17, 15) is 18.0 Å². The van der Waals surface area contributed by atoms with Gasteiger partial charge in [0.15, 0.2) is 0 Å². The van der Waals surface area contributed by atoms with Crippen molar-refractivity contribution in [2.24, 2.45) is 0 Å². The summed E-state index contributed by atoms with van der Waals surface area (Å²) in [5.41, 5.74) is 0.733. The molecular weight excluding hydrogens is 346 g/mol. The van der Waals surface area contributed by atoms with Crippen molar-refractivity contribution >= 4 is 27.6 Å². The lowest BCUT2D eigenvalue weighted by Gasteiger charge is -2.11. The number of nitrogens with one attached hydrogen (secondary N) is 1. The van der Waals surface area contributed by atoms with Crippen LogP contribution in [0.15, 0.2) is 48.5 Å².